The van der Waals surface area contributed by atoms with E-state index in [0.717, 1.165) is 10.9 Å². The minimum atomic E-state index is -0.450. The van der Waals surface area contributed by atoms with E-state index in [4.69, 9.17) is 16.3 Å². The Morgan fingerprint density at radius 1 is 1.06 bits per heavy atom. The smallest absolute Gasteiger partial charge is 0.142 e. The highest BCUT2D eigenvalue weighted by Crippen LogP contribution is 2.26. The van der Waals surface area contributed by atoms with Crippen molar-refractivity contribution in [2.24, 2.45) is 0 Å². The van der Waals surface area contributed by atoms with Crippen LogP contribution < -0.4 is 4.74 Å². The van der Waals surface area contributed by atoms with Crippen molar-refractivity contribution in [1.29, 1.82) is 0 Å². The van der Waals surface area contributed by atoms with Gasteiger partial charge in [-0.25, -0.2) is 4.39 Å². The molecule has 0 N–H and O–H groups in total. The van der Waals surface area contributed by atoms with Crippen molar-refractivity contribution in [3.63, 3.8) is 0 Å². The SMILES string of the molecule is Fc1ccc(Oc2ccc(CBr)cc2)cc1Cl. The van der Waals surface area contributed by atoms with E-state index in [1.165, 1.54) is 12.1 Å². The molecule has 2 aromatic rings. The second-order valence-corrected chi connectivity index (χ2v) is 4.42. The van der Waals surface area contributed by atoms with E-state index in [9.17, 15) is 4.39 Å². The third-order valence-electron chi connectivity index (χ3n) is 2.20. The van der Waals surface area contributed by atoms with Crippen LogP contribution in [0.1, 0.15) is 5.56 Å². The van der Waals surface area contributed by atoms with Gasteiger partial charge in [0.25, 0.3) is 0 Å². The number of hydrogen-bond acceptors (Lipinski definition) is 1. The van der Waals surface area contributed by atoms with Crippen LogP contribution in [0.2, 0.25) is 5.02 Å². The van der Waals surface area contributed by atoms with Gasteiger partial charge in [-0.1, -0.05) is 39.7 Å². The summed E-state index contributed by atoms with van der Waals surface area (Å²) >= 11 is 9.03. The largest absolute Gasteiger partial charge is 0.457 e. The van der Waals surface area contributed by atoms with Crippen molar-refractivity contribution in [2.45, 2.75) is 5.33 Å². The molecule has 0 bridgehead atoms. The molecule has 0 aromatic heterocycles. The number of ether oxygens (including phenoxy) is 1. The van der Waals surface area contributed by atoms with E-state index >= 15 is 0 Å². The monoisotopic (exact) mass is 314 g/mol. The summed E-state index contributed by atoms with van der Waals surface area (Å²) in [5, 5.41) is 0.856. The molecular formula is C13H9BrClFO. The van der Waals surface area contributed by atoms with Gasteiger partial charge in [0.05, 0.1) is 5.02 Å². The van der Waals surface area contributed by atoms with Crippen molar-refractivity contribution in [1.82, 2.24) is 0 Å². The van der Waals surface area contributed by atoms with Crippen LogP contribution in [0.4, 0.5) is 4.39 Å². The molecule has 2 aromatic carbocycles. The minimum Gasteiger partial charge on any atom is -0.457 e. The maximum atomic E-state index is 12.9. The fourth-order valence-electron chi connectivity index (χ4n) is 1.32. The Bertz CT molecular complexity index is 513. The quantitative estimate of drug-likeness (QED) is 0.710. The van der Waals surface area contributed by atoms with Gasteiger partial charge < -0.3 is 4.74 Å². The first-order valence-electron chi connectivity index (χ1n) is 4.97. The van der Waals surface area contributed by atoms with Gasteiger partial charge in [0.2, 0.25) is 0 Å². The Labute approximate surface area is 112 Å². The highest BCUT2D eigenvalue weighted by molar-refractivity contribution is 9.08. The molecule has 0 atom stereocenters. The van der Waals surface area contributed by atoms with Crippen LogP contribution >= 0.6 is 27.5 Å². The number of rotatable bonds is 3. The molecule has 2 rings (SSSR count). The van der Waals surface area contributed by atoms with E-state index in [-0.39, 0.29) is 5.02 Å². The maximum absolute atomic E-state index is 12.9. The Kier molecular flexibility index (Phi) is 4.02. The summed E-state index contributed by atoms with van der Waals surface area (Å²) in [6, 6.07) is 11.9. The van der Waals surface area contributed by atoms with E-state index in [1.807, 2.05) is 24.3 Å². The van der Waals surface area contributed by atoms with Gasteiger partial charge in [0.1, 0.15) is 17.3 Å². The van der Waals surface area contributed by atoms with Crippen molar-refractivity contribution >= 4 is 27.5 Å². The van der Waals surface area contributed by atoms with Gasteiger partial charge in [0.15, 0.2) is 0 Å². The molecule has 0 fully saturated rings. The summed E-state index contributed by atoms with van der Waals surface area (Å²) in [7, 11) is 0. The lowest BCUT2D eigenvalue weighted by atomic mass is 10.2. The molecule has 4 heteroatoms. The summed E-state index contributed by atoms with van der Waals surface area (Å²) in [6.45, 7) is 0. The molecule has 0 unspecified atom stereocenters. The second-order valence-electron chi connectivity index (χ2n) is 3.46. The zero-order chi connectivity index (χ0) is 12.3. The predicted octanol–water partition coefficient (Wildman–Crippen LogP) is 5.17. The highest BCUT2D eigenvalue weighted by Gasteiger charge is 2.02. The Morgan fingerprint density at radius 3 is 2.29 bits per heavy atom. The first-order valence-corrected chi connectivity index (χ1v) is 6.47. The van der Waals surface area contributed by atoms with Gasteiger partial charge in [-0.15, -0.1) is 0 Å². The summed E-state index contributed by atoms with van der Waals surface area (Å²) in [5.41, 5.74) is 1.16. The zero-order valence-electron chi connectivity index (χ0n) is 8.79. The van der Waals surface area contributed by atoms with Gasteiger partial charge in [-0.05, 0) is 29.8 Å². The predicted molar refractivity (Wildman–Crippen MR) is 70.6 cm³/mol. The maximum Gasteiger partial charge on any atom is 0.142 e. The molecule has 88 valence electrons. The first kappa shape index (κ1) is 12.4. The molecular weight excluding hydrogens is 306 g/mol. The molecule has 0 spiro atoms. The van der Waals surface area contributed by atoms with Crippen molar-refractivity contribution in [3.8, 4) is 11.5 Å². The molecule has 0 amide bonds. The van der Waals surface area contributed by atoms with E-state index in [0.29, 0.717) is 11.5 Å². The molecule has 17 heavy (non-hydrogen) atoms. The van der Waals surface area contributed by atoms with Crippen LogP contribution in [0.3, 0.4) is 0 Å². The third-order valence-corrected chi connectivity index (χ3v) is 3.14. The van der Waals surface area contributed by atoms with Gasteiger partial charge in [0, 0.05) is 11.4 Å². The van der Waals surface area contributed by atoms with Crippen molar-refractivity contribution in [3.05, 3.63) is 58.9 Å². The number of halogens is 3. The summed E-state index contributed by atoms with van der Waals surface area (Å²) in [6.07, 6.45) is 0. The highest BCUT2D eigenvalue weighted by atomic mass is 79.9. The van der Waals surface area contributed by atoms with Gasteiger partial charge in [-0.2, -0.15) is 0 Å². The normalized spacial score (nSPS) is 10.3. The molecule has 0 aliphatic rings. The molecule has 0 saturated carbocycles. The fourth-order valence-corrected chi connectivity index (χ4v) is 1.87. The number of alkyl halides is 1. The average Bonchev–Trinajstić information content (AvgIpc) is 2.35. The summed E-state index contributed by atoms with van der Waals surface area (Å²) in [4.78, 5) is 0. The van der Waals surface area contributed by atoms with Crippen molar-refractivity contribution in [2.75, 3.05) is 0 Å². The van der Waals surface area contributed by atoms with E-state index < -0.39 is 5.82 Å². The molecule has 0 saturated heterocycles. The molecule has 0 radical (unpaired) electrons. The lowest BCUT2D eigenvalue weighted by Crippen LogP contribution is -1.86. The average molecular weight is 316 g/mol. The van der Waals surface area contributed by atoms with Crippen LogP contribution in [-0.2, 0) is 5.33 Å². The van der Waals surface area contributed by atoms with Crippen LogP contribution in [0.5, 0.6) is 11.5 Å². The van der Waals surface area contributed by atoms with E-state index in [1.54, 1.807) is 6.07 Å². The summed E-state index contributed by atoms with van der Waals surface area (Å²) in [5.74, 6) is 0.758. The Morgan fingerprint density at radius 2 is 1.71 bits per heavy atom. The second kappa shape index (κ2) is 5.52. The molecule has 0 aliphatic carbocycles. The van der Waals surface area contributed by atoms with Crippen LogP contribution in [0, 0.1) is 5.82 Å². The van der Waals surface area contributed by atoms with E-state index in [2.05, 4.69) is 15.9 Å². The first-order chi connectivity index (χ1) is 8.19. The van der Waals surface area contributed by atoms with Crippen LogP contribution in [0.25, 0.3) is 0 Å². The Hall–Kier alpha value is -1.06. The third kappa shape index (κ3) is 3.20. The zero-order valence-corrected chi connectivity index (χ0v) is 11.1. The fraction of sp³-hybridized carbons (Fsp3) is 0.0769. The minimum absolute atomic E-state index is 0.0552. The van der Waals surface area contributed by atoms with Crippen LogP contribution in [0.15, 0.2) is 42.5 Å². The summed E-state index contributed by atoms with van der Waals surface area (Å²) < 4.78 is 18.5. The van der Waals surface area contributed by atoms with Crippen LogP contribution in [-0.4, -0.2) is 0 Å². The lowest BCUT2D eigenvalue weighted by molar-refractivity contribution is 0.480. The number of hydrogen-bond donors (Lipinski definition) is 0. The standard InChI is InChI=1S/C13H9BrClFO/c14-8-9-1-3-10(4-2-9)17-11-5-6-13(16)12(15)7-11/h1-7H,8H2. The Balaban J connectivity index is 2.16. The lowest BCUT2D eigenvalue weighted by Gasteiger charge is -2.06. The van der Waals surface area contributed by atoms with Gasteiger partial charge >= 0.3 is 0 Å². The van der Waals surface area contributed by atoms with Gasteiger partial charge in [-0.3, -0.25) is 0 Å². The molecule has 0 heterocycles. The molecule has 0 aliphatic heterocycles. The molecule has 1 nitrogen and oxygen atoms in total. The number of benzene rings is 2. The topological polar surface area (TPSA) is 9.23 Å². The van der Waals surface area contributed by atoms with Crippen molar-refractivity contribution < 1.29 is 9.13 Å².